The van der Waals surface area contributed by atoms with Gasteiger partial charge in [0.25, 0.3) is 0 Å². The highest BCUT2D eigenvalue weighted by molar-refractivity contribution is 5.30. The molecule has 0 aliphatic heterocycles. The van der Waals surface area contributed by atoms with Gasteiger partial charge in [0.15, 0.2) is 0 Å². The van der Waals surface area contributed by atoms with Gasteiger partial charge in [-0.25, -0.2) is 4.98 Å². The number of ether oxygens (including phenoxy) is 1. The lowest BCUT2D eigenvalue weighted by molar-refractivity contribution is -0.408. The number of halogens is 4. The van der Waals surface area contributed by atoms with Crippen molar-refractivity contribution in [1.29, 1.82) is 0 Å². The number of nitrogens with zero attached hydrogens (tertiary/aromatic N) is 2. The smallest absolute Gasteiger partial charge is 0.303 e. The molecule has 0 aliphatic rings. The second-order valence-electron chi connectivity index (χ2n) is 5.46. The van der Waals surface area contributed by atoms with Crippen molar-refractivity contribution in [2.75, 3.05) is 0 Å². The standard InChI is InChI=1S/C15H16F4N2O/c1-11-6-4-5-7-12(11)13(2,3)22-15(18,19)14(16,17)21-9-8-20-10-21/h4-10H,1-3H3. The summed E-state index contributed by atoms with van der Waals surface area (Å²) >= 11 is 0. The van der Waals surface area contributed by atoms with E-state index in [0.717, 1.165) is 12.4 Å². The van der Waals surface area contributed by atoms with Gasteiger partial charge in [-0.3, -0.25) is 4.57 Å². The highest BCUT2D eigenvalue weighted by atomic mass is 19.3. The fraction of sp³-hybridized carbons (Fsp3) is 0.400. The molecule has 1 aromatic carbocycles. The van der Waals surface area contributed by atoms with Crippen molar-refractivity contribution in [3.63, 3.8) is 0 Å². The molecule has 3 nitrogen and oxygen atoms in total. The van der Waals surface area contributed by atoms with E-state index < -0.39 is 17.8 Å². The molecule has 0 atom stereocenters. The Balaban J connectivity index is 2.33. The molecule has 0 unspecified atom stereocenters. The van der Waals surface area contributed by atoms with Crippen LogP contribution >= 0.6 is 0 Å². The average molecular weight is 316 g/mol. The van der Waals surface area contributed by atoms with Crippen molar-refractivity contribution in [2.24, 2.45) is 0 Å². The largest absolute Gasteiger partial charge is 0.442 e. The Morgan fingerprint density at radius 1 is 1.09 bits per heavy atom. The minimum atomic E-state index is -4.71. The van der Waals surface area contributed by atoms with Gasteiger partial charge in [-0.15, -0.1) is 0 Å². The maximum absolute atomic E-state index is 14.1. The number of benzene rings is 1. The molecule has 0 amide bonds. The second kappa shape index (κ2) is 5.39. The molecule has 22 heavy (non-hydrogen) atoms. The van der Waals surface area contributed by atoms with Crippen molar-refractivity contribution in [2.45, 2.75) is 38.5 Å². The number of imidazole rings is 1. The summed E-state index contributed by atoms with van der Waals surface area (Å²) in [6.07, 6.45) is -2.33. The number of aromatic nitrogens is 2. The van der Waals surface area contributed by atoms with Crippen LogP contribution in [0.3, 0.4) is 0 Å². The molecular formula is C15H16F4N2O. The van der Waals surface area contributed by atoms with E-state index in [1.807, 2.05) is 0 Å². The summed E-state index contributed by atoms with van der Waals surface area (Å²) in [6.45, 7) is 4.35. The molecule has 0 bridgehead atoms. The van der Waals surface area contributed by atoms with E-state index in [-0.39, 0.29) is 4.57 Å². The van der Waals surface area contributed by atoms with Crippen molar-refractivity contribution in [3.05, 3.63) is 54.1 Å². The Morgan fingerprint density at radius 2 is 1.73 bits per heavy atom. The number of rotatable bonds is 5. The van der Waals surface area contributed by atoms with Gasteiger partial charge in [-0.1, -0.05) is 24.3 Å². The molecule has 7 heteroatoms. The van der Waals surface area contributed by atoms with E-state index in [0.29, 0.717) is 17.5 Å². The summed E-state index contributed by atoms with van der Waals surface area (Å²) in [6, 6.07) is 2.09. The molecular weight excluding hydrogens is 300 g/mol. The van der Waals surface area contributed by atoms with Crippen LogP contribution in [0.2, 0.25) is 0 Å². The number of hydrogen-bond acceptors (Lipinski definition) is 2. The zero-order valence-electron chi connectivity index (χ0n) is 12.4. The topological polar surface area (TPSA) is 27.1 Å². The van der Waals surface area contributed by atoms with Crippen molar-refractivity contribution < 1.29 is 22.3 Å². The van der Waals surface area contributed by atoms with Crippen LogP contribution in [0, 0.1) is 6.92 Å². The first-order valence-corrected chi connectivity index (χ1v) is 6.58. The van der Waals surface area contributed by atoms with Crippen molar-refractivity contribution in [3.8, 4) is 0 Å². The van der Waals surface area contributed by atoms with Gasteiger partial charge in [0, 0.05) is 12.4 Å². The van der Waals surface area contributed by atoms with E-state index >= 15 is 0 Å². The molecule has 120 valence electrons. The average Bonchev–Trinajstić information content (AvgIpc) is 2.91. The van der Waals surface area contributed by atoms with Crippen molar-refractivity contribution in [1.82, 2.24) is 9.55 Å². The Hall–Kier alpha value is -1.89. The molecule has 0 N–H and O–H groups in total. The third kappa shape index (κ3) is 2.85. The fourth-order valence-corrected chi connectivity index (χ4v) is 2.26. The van der Waals surface area contributed by atoms with Crippen LogP contribution < -0.4 is 0 Å². The quantitative estimate of drug-likeness (QED) is 0.770. The Bertz CT molecular complexity index is 639. The second-order valence-corrected chi connectivity index (χ2v) is 5.46. The summed E-state index contributed by atoms with van der Waals surface area (Å²) in [4.78, 5) is 3.36. The van der Waals surface area contributed by atoms with E-state index in [1.165, 1.54) is 13.8 Å². The lowest BCUT2D eigenvalue weighted by Gasteiger charge is -2.35. The Labute approximate surface area is 125 Å². The SMILES string of the molecule is Cc1ccccc1C(C)(C)OC(F)(F)C(F)(F)n1ccnc1. The van der Waals surface area contributed by atoms with E-state index in [4.69, 9.17) is 0 Å². The van der Waals surface area contributed by atoms with E-state index in [1.54, 1.807) is 31.2 Å². The third-order valence-corrected chi connectivity index (χ3v) is 3.36. The van der Waals surface area contributed by atoms with Crippen LogP contribution in [0.5, 0.6) is 0 Å². The maximum atomic E-state index is 14.1. The number of hydrogen-bond donors (Lipinski definition) is 0. The summed E-state index contributed by atoms with van der Waals surface area (Å²) in [5.74, 6) is 0. The monoisotopic (exact) mass is 316 g/mol. The van der Waals surface area contributed by atoms with Crippen LogP contribution in [0.15, 0.2) is 43.0 Å². The summed E-state index contributed by atoms with van der Waals surface area (Å²) < 4.78 is 60.6. The molecule has 0 radical (unpaired) electrons. The number of aryl methyl sites for hydroxylation is 1. The summed E-state index contributed by atoms with van der Waals surface area (Å²) in [5, 5.41) is 0. The number of alkyl halides is 4. The zero-order valence-corrected chi connectivity index (χ0v) is 12.4. The normalized spacial score (nSPS) is 13.4. The van der Waals surface area contributed by atoms with Crippen LogP contribution in [0.25, 0.3) is 0 Å². The molecule has 1 heterocycles. The van der Waals surface area contributed by atoms with Crippen LogP contribution in [0.1, 0.15) is 25.0 Å². The molecule has 2 rings (SSSR count). The molecule has 0 saturated heterocycles. The first-order valence-electron chi connectivity index (χ1n) is 6.58. The lowest BCUT2D eigenvalue weighted by atomic mass is 9.93. The van der Waals surface area contributed by atoms with Gasteiger partial charge in [0.1, 0.15) is 0 Å². The minimum absolute atomic E-state index is 0.0287. The van der Waals surface area contributed by atoms with Crippen LogP contribution in [0.4, 0.5) is 17.6 Å². The van der Waals surface area contributed by atoms with Gasteiger partial charge >= 0.3 is 12.2 Å². The van der Waals surface area contributed by atoms with Gasteiger partial charge in [-0.2, -0.15) is 17.6 Å². The fourth-order valence-electron chi connectivity index (χ4n) is 2.26. The van der Waals surface area contributed by atoms with Gasteiger partial charge in [0.2, 0.25) is 0 Å². The molecule has 0 spiro atoms. The Kier molecular flexibility index (Phi) is 4.04. The first kappa shape index (κ1) is 16.5. The highest BCUT2D eigenvalue weighted by Gasteiger charge is 2.62. The third-order valence-electron chi connectivity index (χ3n) is 3.36. The first-order chi connectivity index (χ1) is 10.1. The predicted octanol–water partition coefficient (Wildman–Crippen LogP) is 4.29. The molecule has 2 aromatic rings. The Morgan fingerprint density at radius 3 is 2.27 bits per heavy atom. The zero-order chi connectivity index (χ0) is 16.6. The van der Waals surface area contributed by atoms with E-state index in [2.05, 4.69) is 9.72 Å². The van der Waals surface area contributed by atoms with E-state index in [9.17, 15) is 17.6 Å². The predicted molar refractivity (Wildman–Crippen MR) is 72.7 cm³/mol. The van der Waals surface area contributed by atoms with Gasteiger partial charge in [0.05, 0.1) is 11.9 Å². The summed E-state index contributed by atoms with van der Waals surface area (Å²) in [5.41, 5.74) is -0.510. The van der Waals surface area contributed by atoms with Crippen LogP contribution in [-0.4, -0.2) is 15.7 Å². The van der Waals surface area contributed by atoms with Crippen LogP contribution in [-0.2, 0) is 16.4 Å². The molecule has 0 saturated carbocycles. The molecule has 0 fully saturated rings. The van der Waals surface area contributed by atoms with Gasteiger partial charge in [-0.05, 0) is 31.9 Å². The minimum Gasteiger partial charge on any atom is -0.303 e. The maximum Gasteiger partial charge on any atom is 0.442 e. The van der Waals surface area contributed by atoms with Gasteiger partial charge < -0.3 is 4.74 Å². The lowest BCUT2D eigenvalue weighted by Crippen LogP contribution is -2.48. The summed E-state index contributed by atoms with van der Waals surface area (Å²) in [7, 11) is 0. The molecule has 0 aliphatic carbocycles. The highest BCUT2D eigenvalue weighted by Crippen LogP contribution is 2.44. The van der Waals surface area contributed by atoms with Crippen molar-refractivity contribution >= 4 is 0 Å². The molecule has 1 aromatic heterocycles.